The van der Waals surface area contributed by atoms with Gasteiger partial charge >= 0.3 is 7.82 Å². The van der Waals surface area contributed by atoms with Crippen LogP contribution in [0.4, 0.5) is 0 Å². The summed E-state index contributed by atoms with van der Waals surface area (Å²) in [4.78, 5) is 22.8. The lowest BCUT2D eigenvalue weighted by Crippen LogP contribution is -2.46. The predicted octanol–water partition coefficient (Wildman–Crippen LogP) is 13.7. The van der Waals surface area contributed by atoms with Crippen LogP contribution < -0.4 is 11.1 Å². The largest absolute Gasteiger partial charge is 0.472 e. The van der Waals surface area contributed by atoms with Gasteiger partial charge in [0.2, 0.25) is 5.91 Å². The molecule has 0 heterocycles. The fourth-order valence-electron chi connectivity index (χ4n) is 7.83. The molecule has 0 aliphatic heterocycles. The molecule has 4 unspecified atom stereocenters. The first kappa shape index (κ1) is 58.2. The van der Waals surface area contributed by atoms with Crippen molar-refractivity contribution in [2.24, 2.45) is 5.73 Å². The number of unbranched alkanes of at least 4 members (excludes halogenated alkanes) is 34. The summed E-state index contributed by atoms with van der Waals surface area (Å²) in [6, 6.07) is -0.978. The molecule has 0 aliphatic rings. The third-order valence-electron chi connectivity index (χ3n) is 11.7. The number of phosphoric ester groups is 1. The van der Waals surface area contributed by atoms with E-state index in [2.05, 4.69) is 19.2 Å². The van der Waals surface area contributed by atoms with Crippen molar-refractivity contribution < 1.29 is 33.5 Å². The van der Waals surface area contributed by atoms with Gasteiger partial charge in [0.1, 0.15) is 0 Å². The number of carbonyl (C=O) groups is 1. The first-order chi connectivity index (χ1) is 28.8. The second kappa shape index (κ2) is 45.2. The summed E-state index contributed by atoms with van der Waals surface area (Å²) in [6.45, 7) is 4.02. The Kier molecular flexibility index (Phi) is 44.6. The van der Waals surface area contributed by atoms with Gasteiger partial charge in [-0.05, 0) is 19.3 Å². The van der Waals surface area contributed by atoms with Crippen LogP contribution in [0.3, 0.4) is 0 Å². The minimum absolute atomic E-state index is 0.0518. The maximum atomic E-state index is 12.9. The zero-order chi connectivity index (χ0) is 43.3. The number of aliphatic hydroxyl groups excluding tert-OH is 2. The van der Waals surface area contributed by atoms with Crippen LogP contribution in [0.1, 0.15) is 258 Å². The highest BCUT2D eigenvalue weighted by atomic mass is 31.2. The van der Waals surface area contributed by atoms with E-state index in [0.29, 0.717) is 6.42 Å². The molecule has 0 fully saturated rings. The number of amides is 1. The van der Waals surface area contributed by atoms with Crippen LogP contribution in [0.15, 0.2) is 12.2 Å². The molecule has 0 saturated heterocycles. The Morgan fingerprint density at radius 1 is 0.576 bits per heavy atom. The highest BCUT2D eigenvalue weighted by Crippen LogP contribution is 2.43. The summed E-state index contributed by atoms with van der Waals surface area (Å²) in [5.41, 5.74) is 5.38. The molecule has 0 bridgehead atoms. The maximum absolute atomic E-state index is 12.9. The van der Waals surface area contributed by atoms with Gasteiger partial charge in [-0.25, -0.2) is 4.57 Å². The van der Waals surface area contributed by atoms with Gasteiger partial charge in [0.05, 0.1) is 37.9 Å². The van der Waals surface area contributed by atoms with E-state index in [4.69, 9.17) is 14.8 Å². The lowest BCUT2D eigenvalue weighted by atomic mass is 10.0. The molecule has 10 heteroatoms. The Hall–Kier alpha value is -0.800. The van der Waals surface area contributed by atoms with Crippen LogP contribution in [0.5, 0.6) is 0 Å². The van der Waals surface area contributed by atoms with E-state index in [-0.39, 0.29) is 19.6 Å². The van der Waals surface area contributed by atoms with Gasteiger partial charge in [-0.3, -0.25) is 13.8 Å². The summed E-state index contributed by atoms with van der Waals surface area (Å²) in [7, 11) is -4.40. The Bertz CT molecular complexity index is 955. The van der Waals surface area contributed by atoms with Gasteiger partial charge in [0.15, 0.2) is 0 Å². The summed E-state index contributed by atoms with van der Waals surface area (Å²) < 4.78 is 22.2. The molecule has 0 spiro atoms. The van der Waals surface area contributed by atoms with Crippen molar-refractivity contribution in [1.29, 1.82) is 0 Å². The van der Waals surface area contributed by atoms with E-state index in [9.17, 15) is 24.5 Å². The molecule has 0 aromatic rings. The molecule has 0 aromatic carbocycles. The van der Waals surface area contributed by atoms with Gasteiger partial charge < -0.3 is 26.2 Å². The van der Waals surface area contributed by atoms with Crippen molar-refractivity contribution in [2.45, 2.75) is 276 Å². The number of nitrogens with two attached hydrogens (primary N) is 1. The van der Waals surface area contributed by atoms with Gasteiger partial charge in [-0.1, -0.05) is 244 Å². The SMILES string of the molecule is CCCCCCCCCCCCCCCCCC/C=C/C(O)C(COP(=O)(O)OCCN)NC(=O)CC(O)CCCCCCCCCCCCCCCCCCCCC. The Balaban J connectivity index is 4.18. The zero-order valence-corrected chi connectivity index (χ0v) is 39.8. The van der Waals surface area contributed by atoms with Crippen molar-refractivity contribution in [3.63, 3.8) is 0 Å². The van der Waals surface area contributed by atoms with Crippen LogP contribution in [-0.4, -0.2) is 59.0 Å². The lowest BCUT2D eigenvalue weighted by Gasteiger charge is -2.24. The number of aliphatic hydroxyl groups is 2. The van der Waals surface area contributed by atoms with Crippen molar-refractivity contribution in [1.82, 2.24) is 5.32 Å². The van der Waals surface area contributed by atoms with E-state index in [1.807, 2.05) is 6.08 Å². The number of carbonyl (C=O) groups excluding carboxylic acids is 1. The third kappa shape index (κ3) is 43.6. The average molecular weight is 859 g/mol. The number of rotatable bonds is 48. The highest BCUT2D eigenvalue weighted by Gasteiger charge is 2.27. The maximum Gasteiger partial charge on any atom is 0.472 e. The second-order valence-corrected chi connectivity index (χ2v) is 19.0. The van der Waals surface area contributed by atoms with Crippen LogP contribution in [-0.2, 0) is 18.4 Å². The van der Waals surface area contributed by atoms with E-state index in [1.54, 1.807) is 6.08 Å². The number of hydrogen-bond acceptors (Lipinski definition) is 7. The molecule has 9 nitrogen and oxygen atoms in total. The normalized spacial score (nSPS) is 14.5. The number of phosphoric acid groups is 1. The standard InChI is InChI=1S/C49H99N2O7P/c1-3-5-7-9-11-13-15-17-19-21-23-24-26-28-30-32-34-36-38-40-46(52)44-49(54)51-47(45-58-59(55,56)57-43-42-50)48(53)41-39-37-35-33-31-29-27-25-22-20-18-16-14-12-10-8-6-4-2/h39,41,46-48,52-53H,3-38,40,42-45,50H2,1-2H3,(H,51,54)(H,55,56)/b41-39+. The molecular formula is C49H99N2O7P. The van der Waals surface area contributed by atoms with Crippen LogP contribution >= 0.6 is 7.82 Å². The van der Waals surface area contributed by atoms with Crippen molar-refractivity contribution >= 4 is 13.7 Å². The molecule has 0 aliphatic carbocycles. The zero-order valence-electron chi connectivity index (χ0n) is 38.9. The lowest BCUT2D eigenvalue weighted by molar-refractivity contribution is -0.124. The molecule has 352 valence electrons. The average Bonchev–Trinajstić information content (AvgIpc) is 3.21. The Morgan fingerprint density at radius 3 is 1.31 bits per heavy atom. The Labute approximate surface area is 365 Å². The van der Waals surface area contributed by atoms with E-state index < -0.39 is 38.6 Å². The van der Waals surface area contributed by atoms with Gasteiger partial charge in [-0.2, -0.15) is 0 Å². The minimum atomic E-state index is -4.40. The van der Waals surface area contributed by atoms with E-state index in [0.717, 1.165) is 38.5 Å². The monoisotopic (exact) mass is 859 g/mol. The third-order valence-corrected chi connectivity index (χ3v) is 12.7. The number of allylic oxidation sites excluding steroid dienone is 1. The second-order valence-electron chi connectivity index (χ2n) is 17.6. The molecular weight excluding hydrogens is 760 g/mol. The molecule has 6 N–H and O–H groups in total. The van der Waals surface area contributed by atoms with Gasteiger partial charge in [0.25, 0.3) is 0 Å². The molecule has 1 amide bonds. The smallest absolute Gasteiger partial charge is 0.393 e. The van der Waals surface area contributed by atoms with Gasteiger partial charge in [-0.15, -0.1) is 0 Å². The number of hydrogen-bond donors (Lipinski definition) is 5. The van der Waals surface area contributed by atoms with Crippen LogP contribution in [0, 0.1) is 0 Å². The summed E-state index contributed by atoms with van der Waals surface area (Å²) in [5, 5.41) is 24.2. The summed E-state index contributed by atoms with van der Waals surface area (Å²) in [5.74, 6) is -0.440. The quantitative estimate of drug-likeness (QED) is 0.0230. The molecule has 4 atom stereocenters. The first-order valence-corrected chi connectivity index (χ1v) is 26.9. The fourth-order valence-corrected chi connectivity index (χ4v) is 8.59. The van der Waals surface area contributed by atoms with E-state index in [1.165, 1.54) is 193 Å². The first-order valence-electron chi connectivity index (χ1n) is 25.4. The predicted molar refractivity (Wildman–Crippen MR) is 251 cm³/mol. The minimum Gasteiger partial charge on any atom is -0.393 e. The summed E-state index contributed by atoms with van der Waals surface area (Å²) in [6.07, 6.45) is 48.7. The van der Waals surface area contributed by atoms with Crippen molar-refractivity contribution in [3.8, 4) is 0 Å². The topological polar surface area (TPSA) is 151 Å². The molecule has 59 heavy (non-hydrogen) atoms. The van der Waals surface area contributed by atoms with Crippen molar-refractivity contribution in [2.75, 3.05) is 19.8 Å². The Morgan fingerprint density at radius 2 is 0.932 bits per heavy atom. The molecule has 0 rings (SSSR count). The highest BCUT2D eigenvalue weighted by molar-refractivity contribution is 7.47. The van der Waals surface area contributed by atoms with E-state index >= 15 is 0 Å². The molecule has 0 radical (unpaired) electrons. The summed E-state index contributed by atoms with van der Waals surface area (Å²) >= 11 is 0. The number of nitrogens with one attached hydrogen (secondary N) is 1. The molecule has 0 saturated carbocycles. The van der Waals surface area contributed by atoms with Crippen LogP contribution in [0.25, 0.3) is 0 Å². The van der Waals surface area contributed by atoms with Crippen LogP contribution in [0.2, 0.25) is 0 Å². The van der Waals surface area contributed by atoms with Gasteiger partial charge in [0, 0.05) is 6.54 Å². The molecule has 0 aromatic heterocycles. The fraction of sp³-hybridized carbons (Fsp3) is 0.939. The van der Waals surface area contributed by atoms with Crippen molar-refractivity contribution in [3.05, 3.63) is 12.2 Å².